The summed E-state index contributed by atoms with van der Waals surface area (Å²) in [7, 11) is -6.92. The second-order valence-electron chi connectivity index (χ2n) is 8.34. The zero-order valence-electron chi connectivity index (χ0n) is 19.1. The summed E-state index contributed by atoms with van der Waals surface area (Å²) in [5.41, 5.74) is 1.10. The highest BCUT2D eigenvalue weighted by molar-refractivity contribution is 7.90. The molecule has 0 bridgehead atoms. The summed E-state index contributed by atoms with van der Waals surface area (Å²) in [6.07, 6.45) is 4.71. The molecule has 182 valence electrons. The topological polar surface area (TPSA) is 106 Å². The van der Waals surface area contributed by atoms with Gasteiger partial charge in [0.15, 0.2) is 14.6 Å². The number of hydrogen-bond acceptors (Lipinski definition) is 6. The fourth-order valence-electron chi connectivity index (χ4n) is 3.98. The van der Waals surface area contributed by atoms with Gasteiger partial charge in [0.1, 0.15) is 0 Å². The zero-order valence-corrected chi connectivity index (χ0v) is 21.5. The van der Waals surface area contributed by atoms with Gasteiger partial charge in [-0.25, -0.2) is 16.8 Å². The Hall–Kier alpha value is -2.34. The average Bonchev–Trinajstić information content (AvgIpc) is 3.15. The molecule has 0 radical (unpaired) electrons. The standard InChI is InChI=1S/C23H27N3O5S3/c1-3-13-26-20-12-11-19(33(2,28)29)16-21(20)32-23(26)24-22(27)17-7-9-18(10-8-17)34(30,31)25-14-5-4-6-15-25/h7-12,16H,3-6,13-15H2,1-2H3. The van der Waals surface area contributed by atoms with E-state index in [9.17, 15) is 21.6 Å². The van der Waals surface area contributed by atoms with Crippen molar-refractivity contribution in [2.45, 2.75) is 48.9 Å². The number of rotatable bonds is 6. The molecule has 3 aromatic rings. The fourth-order valence-corrected chi connectivity index (χ4v) is 7.32. The van der Waals surface area contributed by atoms with Gasteiger partial charge in [0.2, 0.25) is 10.0 Å². The lowest BCUT2D eigenvalue weighted by Gasteiger charge is -2.25. The van der Waals surface area contributed by atoms with E-state index in [1.807, 2.05) is 11.5 Å². The van der Waals surface area contributed by atoms with Crippen molar-refractivity contribution in [1.29, 1.82) is 0 Å². The third kappa shape index (κ3) is 5.02. The van der Waals surface area contributed by atoms with E-state index in [1.165, 1.54) is 39.9 Å². The predicted octanol–water partition coefficient (Wildman–Crippen LogP) is 3.43. The quantitative estimate of drug-likeness (QED) is 0.494. The lowest BCUT2D eigenvalue weighted by atomic mass is 10.2. The molecule has 8 nitrogen and oxygen atoms in total. The molecule has 0 aliphatic carbocycles. The second-order valence-corrected chi connectivity index (χ2v) is 13.3. The molecule has 1 amide bonds. The van der Waals surface area contributed by atoms with Crippen molar-refractivity contribution >= 4 is 47.3 Å². The van der Waals surface area contributed by atoms with E-state index in [0.717, 1.165) is 42.2 Å². The number of amides is 1. The molecule has 0 unspecified atom stereocenters. The van der Waals surface area contributed by atoms with E-state index in [4.69, 9.17) is 0 Å². The number of aromatic nitrogens is 1. The van der Waals surface area contributed by atoms with Crippen molar-refractivity contribution in [3.63, 3.8) is 0 Å². The summed E-state index contributed by atoms with van der Waals surface area (Å²) in [6.45, 7) is 3.66. The van der Waals surface area contributed by atoms with Gasteiger partial charge >= 0.3 is 0 Å². The number of carbonyl (C=O) groups is 1. The summed E-state index contributed by atoms with van der Waals surface area (Å²) in [5, 5.41) is 0. The number of thiazole rings is 1. The Morgan fingerprint density at radius 1 is 0.971 bits per heavy atom. The van der Waals surface area contributed by atoms with Crippen molar-refractivity contribution in [2.75, 3.05) is 19.3 Å². The number of aryl methyl sites for hydroxylation is 1. The van der Waals surface area contributed by atoms with Gasteiger partial charge in [-0.2, -0.15) is 9.30 Å². The summed E-state index contributed by atoms with van der Waals surface area (Å²) < 4.78 is 53.7. The Morgan fingerprint density at radius 3 is 2.24 bits per heavy atom. The minimum atomic E-state index is -3.57. The van der Waals surface area contributed by atoms with Crippen LogP contribution in [0.15, 0.2) is 57.2 Å². The van der Waals surface area contributed by atoms with E-state index >= 15 is 0 Å². The highest BCUT2D eigenvalue weighted by Crippen LogP contribution is 2.23. The molecule has 4 rings (SSSR count). The summed E-state index contributed by atoms with van der Waals surface area (Å²) in [5.74, 6) is -0.485. The number of benzene rings is 2. The van der Waals surface area contributed by atoms with Crippen LogP contribution in [-0.4, -0.2) is 51.0 Å². The molecule has 0 atom stereocenters. The Kier molecular flexibility index (Phi) is 7.09. The predicted molar refractivity (Wildman–Crippen MR) is 132 cm³/mol. The first-order valence-corrected chi connectivity index (χ1v) is 15.3. The van der Waals surface area contributed by atoms with Crippen LogP contribution in [0.2, 0.25) is 0 Å². The second kappa shape index (κ2) is 9.73. The Labute approximate surface area is 203 Å². The Morgan fingerprint density at radius 2 is 1.62 bits per heavy atom. The van der Waals surface area contributed by atoms with Crippen LogP contribution in [0, 0.1) is 0 Å². The van der Waals surface area contributed by atoms with Crippen LogP contribution in [0.25, 0.3) is 10.2 Å². The van der Waals surface area contributed by atoms with Crippen molar-refractivity contribution in [2.24, 2.45) is 4.99 Å². The molecule has 0 spiro atoms. The van der Waals surface area contributed by atoms with E-state index < -0.39 is 25.8 Å². The van der Waals surface area contributed by atoms with Crippen LogP contribution < -0.4 is 4.80 Å². The van der Waals surface area contributed by atoms with Gasteiger partial charge in [-0.1, -0.05) is 24.7 Å². The highest BCUT2D eigenvalue weighted by Gasteiger charge is 2.26. The van der Waals surface area contributed by atoms with E-state index in [-0.39, 0.29) is 15.4 Å². The van der Waals surface area contributed by atoms with Gasteiger partial charge in [0.25, 0.3) is 5.91 Å². The largest absolute Gasteiger partial charge is 0.316 e. The minimum Gasteiger partial charge on any atom is -0.316 e. The van der Waals surface area contributed by atoms with Gasteiger partial charge < -0.3 is 4.57 Å². The molecule has 11 heteroatoms. The lowest BCUT2D eigenvalue weighted by molar-refractivity contribution is 0.0997. The molecular weight excluding hydrogens is 494 g/mol. The SMILES string of the molecule is CCCn1c(=NC(=O)c2ccc(S(=O)(=O)N3CCCCC3)cc2)sc2cc(S(C)(=O)=O)ccc21. The lowest BCUT2D eigenvalue weighted by Crippen LogP contribution is -2.35. The molecule has 1 saturated heterocycles. The average molecular weight is 522 g/mol. The first kappa shape index (κ1) is 24.8. The molecule has 2 heterocycles. The monoisotopic (exact) mass is 521 g/mol. The van der Waals surface area contributed by atoms with Crippen LogP contribution in [0.1, 0.15) is 43.0 Å². The smallest absolute Gasteiger partial charge is 0.279 e. The number of carbonyl (C=O) groups excluding carboxylic acids is 1. The number of nitrogens with zero attached hydrogens (tertiary/aromatic N) is 3. The van der Waals surface area contributed by atoms with Gasteiger partial charge in [-0.15, -0.1) is 0 Å². The van der Waals surface area contributed by atoms with Crippen molar-refractivity contribution in [3.05, 3.63) is 52.8 Å². The summed E-state index contributed by atoms with van der Waals surface area (Å²) in [6, 6.07) is 10.8. The van der Waals surface area contributed by atoms with Gasteiger partial charge in [0.05, 0.1) is 20.0 Å². The van der Waals surface area contributed by atoms with Crippen LogP contribution in [0.3, 0.4) is 0 Å². The molecule has 34 heavy (non-hydrogen) atoms. The van der Waals surface area contributed by atoms with Crippen LogP contribution in [0.5, 0.6) is 0 Å². The molecule has 0 N–H and O–H groups in total. The van der Waals surface area contributed by atoms with E-state index in [2.05, 4.69) is 4.99 Å². The van der Waals surface area contributed by atoms with Crippen LogP contribution in [-0.2, 0) is 26.4 Å². The highest BCUT2D eigenvalue weighted by atomic mass is 32.2. The van der Waals surface area contributed by atoms with Crippen molar-refractivity contribution in [1.82, 2.24) is 8.87 Å². The molecule has 1 aromatic heterocycles. The number of sulfonamides is 1. The third-order valence-corrected chi connectivity index (χ3v) is 9.85. The number of piperidine rings is 1. The van der Waals surface area contributed by atoms with Gasteiger partial charge in [0, 0.05) is 31.5 Å². The van der Waals surface area contributed by atoms with Crippen molar-refractivity contribution in [3.8, 4) is 0 Å². The Bertz CT molecular complexity index is 1500. The maximum Gasteiger partial charge on any atom is 0.279 e. The van der Waals surface area contributed by atoms with E-state index in [0.29, 0.717) is 24.4 Å². The number of sulfone groups is 1. The minimum absolute atomic E-state index is 0.169. The van der Waals surface area contributed by atoms with E-state index in [1.54, 1.807) is 18.2 Å². The van der Waals surface area contributed by atoms with Crippen molar-refractivity contribution < 1.29 is 21.6 Å². The molecule has 0 saturated carbocycles. The third-order valence-electron chi connectivity index (χ3n) is 5.78. The molecule has 2 aromatic carbocycles. The molecule has 1 fully saturated rings. The first-order valence-electron chi connectivity index (χ1n) is 11.1. The Balaban J connectivity index is 1.68. The number of fused-ring (bicyclic) bond motifs is 1. The molecule has 1 aliphatic heterocycles. The van der Waals surface area contributed by atoms with Gasteiger partial charge in [-0.05, 0) is 61.7 Å². The normalized spacial score (nSPS) is 16.2. The maximum atomic E-state index is 12.9. The summed E-state index contributed by atoms with van der Waals surface area (Å²) in [4.78, 5) is 18.1. The zero-order chi connectivity index (χ0) is 24.5. The maximum absolute atomic E-state index is 12.9. The first-order chi connectivity index (χ1) is 16.1. The molecule has 1 aliphatic rings. The molecular formula is C23H27N3O5S3. The van der Waals surface area contributed by atoms with Gasteiger partial charge in [-0.3, -0.25) is 4.79 Å². The fraction of sp³-hybridized carbons (Fsp3) is 0.391. The van der Waals surface area contributed by atoms with Crippen LogP contribution in [0.4, 0.5) is 0 Å². The number of hydrogen-bond donors (Lipinski definition) is 0. The van der Waals surface area contributed by atoms with Crippen LogP contribution >= 0.6 is 11.3 Å². The summed E-state index contributed by atoms with van der Waals surface area (Å²) >= 11 is 1.25.